The van der Waals surface area contributed by atoms with Gasteiger partial charge in [0.15, 0.2) is 0 Å². The summed E-state index contributed by atoms with van der Waals surface area (Å²) in [5, 5.41) is 10.3. The van der Waals surface area contributed by atoms with E-state index in [0.29, 0.717) is 26.4 Å². The fourth-order valence-electron chi connectivity index (χ4n) is 1.50. The van der Waals surface area contributed by atoms with Crippen LogP contribution in [0.25, 0.3) is 0 Å². The van der Waals surface area contributed by atoms with Crippen molar-refractivity contribution in [2.75, 3.05) is 0 Å². The zero-order valence-electron chi connectivity index (χ0n) is 9.66. The Morgan fingerprint density at radius 2 is 1.79 bits per heavy atom. The van der Waals surface area contributed by atoms with E-state index in [9.17, 15) is 0 Å². The molecule has 0 atom stereocenters. The van der Waals surface area contributed by atoms with Crippen molar-refractivity contribution in [2.45, 2.75) is 6.61 Å². The quantitative estimate of drug-likeness (QED) is 0.790. The van der Waals surface area contributed by atoms with Crippen molar-refractivity contribution in [3.63, 3.8) is 0 Å². The molecular weight excluding hydrogens is 305 g/mol. The minimum absolute atomic E-state index is 0.255. The Hall–Kier alpha value is -1.40. The van der Waals surface area contributed by atoms with Crippen molar-refractivity contribution in [3.8, 4) is 11.8 Å². The van der Waals surface area contributed by atoms with Crippen molar-refractivity contribution in [3.05, 3.63) is 62.6 Å². The second kappa shape index (κ2) is 6.16. The Balaban J connectivity index is 2.15. The van der Waals surface area contributed by atoms with Gasteiger partial charge in [0.1, 0.15) is 12.4 Å². The van der Waals surface area contributed by atoms with E-state index in [4.69, 9.17) is 44.8 Å². The first-order chi connectivity index (χ1) is 9.10. The van der Waals surface area contributed by atoms with E-state index in [0.717, 1.165) is 5.56 Å². The van der Waals surface area contributed by atoms with E-state index in [2.05, 4.69) is 0 Å². The van der Waals surface area contributed by atoms with Crippen LogP contribution in [0.5, 0.6) is 5.75 Å². The summed E-state index contributed by atoms with van der Waals surface area (Å²) in [4.78, 5) is 0. The van der Waals surface area contributed by atoms with Gasteiger partial charge in [-0.25, -0.2) is 0 Å². The van der Waals surface area contributed by atoms with E-state index in [1.165, 1.54) is 0 Å². The molecule has 0 aliphatic rings. The third-order valence-electron chi connectivity index (χ3n) is 2.45. The summed E-state index contributed by atoms with van der Waals surface area (Å²) in [5.74, 6) is 0.497. The van der Waals surface area contributed by atoms with Gasteiger partial charge in [0.05, 0.1) is 16.7 Å². The maximum absolute atomic E-state index is 8.75. The Morgan fingerprint density at radius 1 is 1.00 bits per heavy atom. The molecule has 0 N–H and O–H groups in total. The Kier molecular flexibility index (Phi) is 4.55. The molecule has 2 aromatic carbocycles. The lowest BCUT2D eigenvalue weighted by Crippen LogP contribution is -1.97. The molecule has 0 aliphatic heterocycles. The summed E-state index contributed by atoms with van der Waals surface area (Å²) in [6.45, 7) is 0.255. The lowest BCUT2D eigenvalue weighted by Gasteiger charge is -2.09. The SMILES string of the molecule is N#Cc1ccc(OCc2cc(Cl)ccc2Cl)c(Cl)c1. The van der Waals surface area contributed by atoms with Crippen LogP contribution >= 0.6 is 34.8 Å². The zero-order chi connectivity index (χ0) is 13.8. The van der Waals surface area contributed by atoms with Crippen LogP contribution in [0.15, 0.2) is 36.4 Å². The molecule has 0 saturated carbocycles. The van der Waals surface area contributed by atoms with Crippen LogP contribution in [0.4, 0.5) is 0 Å². The molecule has 0 saturated heterocycles. The van der Waals surface area contributed by atoms with Gasteiger partial charge in [-0.3, -0.25) is 0 Å². The van der Waals surface area contributed by atoms with E-state index in [-0.39, 0.29) is 6.61 Å². The smallest absolute Gasteiger partial charge is 0.138 e. The molecule has 0 radical (unpaired) electrons. The predicted molar refractivity (Wildman–Crippen MR) is 77.0 cm³/mol. The van der Waals surface area contributed by atoms with Crippen LogP contribution in [-0.2, 0) is 6.61 Å². The fraction of sp³-hybridized carbons (Fsp3) is 0.0714. The van der Waals surface area contributed by atoms with Crippen molar-refractivity contribution in [1.29, 1.82) is 5.26 Å². The van der Waals surface area contributed by atoms with Crippen LogP contribution in [0.1, 0.15) is 11.1 Å². The normalized spacial score (nSPS) is 10.0. The average molecular weight is 313 g/mol. The molecule has 0 bridgehead atoms. The second-order valence-electron chi connectivity index (χ2n) is 3.78. The number of rotatable bonds is 3. The Morgan fingerprint density at radius 3 is 2.47 bits per heavy atom. The molecule has 0 amide bonds. The number of halogens is 3. The predicted octanol–water partition coefficient (Wildman–Crippen LogP) is 5.10. The van der Waals surface area contributed by atoms with Crippen LogP contribution in [0.2, 0.25) is 15.1 Å². The van der Waals surface area contributed by atoms with E-state index < -0.39 is 0 Å². The maximum atomic E-state index is 8.75. The second-order valence-corrected chi connectivity index (χ2v) is 5.03. The Labute approximate surface area is 126 Å². The third kappa shape index (κ3) is 3.54. The first-order valence-electron chi connectivity index (χ1n) is 5.36. The van der Waals surface area contributed by atoms with Gasteiger partial charge >= 0.3 is 0 Å². The molecule has 0 aliphatic carbocycles. The molecule has 2 rings (SSSR count). The molecule has 2 aromatic rings. The zero-order valence-corrected chi connectivity index (χ0v) is 11.9. The van der Waals surface area contributed by atoms with Gasteiger partial charge in [-0.05, 0) is 36.4 Å². The van der Waals surface area contributed by atoms with Crippen LogP contribution in [0.3, 0.4) is 0 Å². The first kappa shape index (κ1) is 14.0. The number of nitrogens with zero attached hydrogens (tertiary/aromatic N) is 1. The highest BCUT2D eigenvalue weighted by atomic mass is 35.5. The van der Waals surface area contributed by atoms with E-state index in [1.807, 2.05) is 6.07 Å². The number of hydrogen-bond acceptors (Lipinski definition) is 2. The molecule has 2 nitrogen and oxygen atoms in total. The van der Waals surface area contributed by atoms with Gasteiger partial charge in [0.25, 0.3) is 0 Å². The lowest BCUT2D eigenvalue weighted by atomic mass is 10.2. The average Bonchev–Trinajstić information content (AvgIpc) is 2.40. The highest BCUT2D eigenvalue weighted by Crippen LogP contribution is 2.28. The molecular formula is C14H8Cl3NO. The maximum Gasteiger partial charge on any atom is 0.138 e. The van der Waals surface area contributed by atoms with Gasteiger partial charge in [0, 0.05) is 15.6 Å². The minimum atomic E-state index is 0.255. The van der Waals surface area contributed by atoms with Crippen LogP contribution < -0.4 is 4.74 Å². The summed E-state index contributed by atoms with van der Waals surface area (Å²) >= 11 is 17.9. The van der Waals surface area contributed by atoms with Gasteiger partial charge in [-0.2, -0.15) is 5.26 Å². The molecule has 0 aromatic heterocycles. The molecule has 0 fully saturated rings. The van der Waals surface area contributed by atoms with Crippen LogP contribution in [0, 0.1) is 11.3 Å². The standard InChI is InChI=1S/C14H8Cl3NO/c15-11-2-3-12(16)10(6-11)8-19-14-4-1-9(7-18)5-13(14)17/h1-6H,8H2. The summed E-state index contributed by atoms with van der Waals surface area (Å²) in [6, 6.07) is 12.0. The van der Waals surface area contributed by atoms with E-state index >= 15 is 0 Å². The molecule has 0 spiro atoms. The van der Waals surface area contributed by atoms with Crippen LogP contribution in [-0.4, -0.2) is 0 Å². The van der Waals surface area contributed by atoms with Gasteiger partial charge in [-0.1, -0.05) is 34.8 Å². The Bertz CT molecular complexity index is 650. The molecule has 0 heterocycles. The minimum Gasteiger partial charge on any atom is -0.487 e. The number of ether oxygens (including phenoxy) is 1. The van der Waals surface area contributed by atoms with Crippen molar-refractivity contribution < 1.29 is 4.74 Å². The molecule has 0 unspecified atom stereocenters. The third-order valence-corrected chi connectivity index (χ3v) is 3.35. The largest absolute Gasteiger partial charge is 0.487 e. The lowest BCUT2D eigenvalue weighted by molar-refractivity contribution is 0.306. The fourth-order valence-corrected chi connectivity index (χ4v) is 2.10. The number of nitriles is 1. The van der Waals surface area contributed by atoms with Gasteiger partial charge in [-0.15, -0.1) is 0 Å². The molecule has 5 heteroatoms. The van der Waals surface area contributed by atoms with Crippen molar-refractivity contribution in [2.24, 2.45) is 0 Å². The van der Waals surface area contributed by atoms with Crippen molar-refractivity contribution >= 4 is 34.8 Å². The highest BCUT2D eigenvalue weighted by molar-refractivity contribution is 6.33. The summed E-state index contributed by atoms with van der Waals surface area (Å²) < 4.78 is 5.57. The summed E-state index contributed by atoms with van der Waals surface area (Å²) in [7, 11) is 0. The number of hydrogen-bond donors (Lipinski definition) is 0. The summed E-state index contributed by atoms with van der Waals surface area (Å²) in [6.07, 6.45) is 0. The highest BCUT2D eigenvalue weighted by Gasteiger charge is 2.06. The number of benzene rings is 2. The van der Waals surface area contributed by atoms with Crippen molar-refractivity contribution in [1.82, 2.24) is 0 Å². The first-order valence-corrected chi connectivity index (χ1v) is 6.50. The van der Waals surface area contributed by atoms with Gasteiger partial charge < -0.3 is 4.74 Å². The molecule has 96 valence electrons. The summed E-state index contributed by atoms with van der Waals surface area (Å²) in [5.41, 5.74) is 1.26. The topological polar surface area (TPSA) is 33.0 Å². The van der Waals surface area contributed by atoms with E-state index in [1.54, 1.807) is 36.4 Å². The van der Waals surface area contributed by atoms with Gasteiger partial charge in [0.2, 0.25) is 0 Å². The monoisotopic (exact) mass is 311 g/mol. The molecule has 19 heavy (non-hydrogen) atoms.